The van der Waals surface area contributed by atoms with Crippen molar-refractivity contribution in [3.05, 3.63) is 54.6 Å². The smallest absolute Gasteiger partial charge is 0.0473 e. The predicted octanol–water partition coefficient (Wildman–Crippen LogP) is 3.38. The van der Waals surface area contributed by atoms with E-state index in [1.165, 1.54) is 5.39 Å². The summed E-state index contributed by atoms with van der Waals surface area (Å²) in [5, 5.41) is 4.56. The molecule has 0 unspecified atom stereocenters. The lowest BCUT2D eigenvalue weighted by molar-refractivity contribution is 1.74. The zero-order chi connectivity index (χ0) is 10.3. The summed E-state index contributed by atoms with van der Waals surface area (Å²) in [6.45, 7) is 0. The molecule has 0 bridgehead atoms. The van der Waals surface area contributed by atoms with Gasteiger partial charge in [0.25, 0.3) is 0 Å². The number of nitrogen functional groups attached to an aromatic ring is 1. The first-order valence-electron chi connectivity index (χ1n) is 4.93. The molecule has 71 valence electrons. The second kappa shape index (κ2) is 2.99. The van der Waals surface area contributed by atoms with Crippen LogP contribution in [0.5, 0.6) is 0 Å². The molecule has 0 aliphatic carbocycles. The normalized spacial score (nSPS) is 10.9. The van der Waals surface area contributed by atoms with E-state index in [-0.39, 0.29) is 0 Å². The van der Waals surface area contributed by atoms with Gasteiger partial charge in [0.1, 0.15) is 0 Å². The van der Waals surface area contributed by atoms with Crippen LogP contribution in [0.15, 0.2) is 48.5 Å². The lowest BCUT2D eigenvalue weighted by Gasteiger charge is -2.06. The van der Waals surface area contributed by atoms with Gasteiger partial charge in [-0.2, -0.15) is 0 Å². The first kappa shape index (κ1) is 8.30. The van der Waals surface area contributed by atoms with Crippen molar-refractivity contribution < 1.29 is 0 Å². The molecule has 0 atom stereocenters. The number of nitrogens with two attached hydrogens (primary N) is 1. The molecule has 2 N–H and O–H groups in total. The average molecular weight is 192 g/mol. The summed E-state index contributed by atoms with van der Waals surface area (Å²) < 4.78 is 0. The summed E-state index contributed by atoms with van der Waals surface area (Å²) in [7, 11) is 0. The van der Waals surface area contributed by atoms with Crippen LogP contribution in [0.3, 0.4) is 0 Å². The number of fused-ring (bicyclic) bond motifs is 2. The molecule has 3 aromatic carbocycles. The van der Waals surface area contributed by atoms with Gasteiger partial charge in [-0.1, -0.05) is 36.4 Å². The van der Waals surface area contributed by atoms with Crippen LogP contribution in [-0.2, 0) is 0 Å². The quantitative estimate of drug-likeness (QED) is 0.429. The SMILES string of the molecule is Nc1c2cc[c]cc2cc2ccccc12. The van der Waals surface area contributed by atoms with Crippen LogP contribution in [0.1, 0.15) is 0 Å². The Balaban J connectivity index is 2.60. The summed E-state index contributed by atoms with van der Waals surface area (Å²) in [5.41, 5.74) is 7.00. The van der Waals surface area contributed by atoms with Crippen LogP contribution in [0.25, 0.3) is 21.5 Å². The molecule has 3 rings (SSSR count). The molecule has 0 heterocycles. The van der Waals surface area contributed by atoms with E-state index in [0.717, 1.165) is 21.8 Å². The Morgan fingerprint density at radius 2 is 1.73 bits per heavy atom. The highest BCUT2D eigenvalue weighted by Gasteiger charge is 2.02. The van der Waals surface area contributed by atoms with Crippen molar-refractivity contribution in [3.8, 4) is 0 Å². The molecule has 1 nitrogen and oxygen atoms in total. The Morgan fingerprint density at radius 1 is 0.933 bits per heavy atom. The number of hydrogen-bond acceptors (Lipinski definition) is 1. The van der Waals surface area contributed by atoms with Crippen LogP contribution in [0.2, 0.25) is 0 Å². The summed E-state index contributed by atoms with van der Waals surface area (Å²) in [5.74, 6) is 0. The lowest BCUT2D eigenvalue weighted by Crippen LogP contribution is -1.89. The fourth-order valence-corrected chi connectivity index (χ4v) is 1.99. The molecule has 0 aromatic heterocycles. The van der Waals surface area contributed by atoms with Crippen molar-refractivity contribution in [2.75, 3.05) is 5.73 Å². The Bertz CT molecular complexity index is 587. The summed E-state index contributed by atoms with van der Waals surface area (Å²) in [4.78, 5) is 0. The highest BCUT2D eigenvalue weighted by molar-refractivity contribution is 6.09. The minimum atomic E-state index is 0.858. The maximum absolute atomic E-state index is 6.14. The zero-order valence-corrected chi connectivity index (χ0v) is 8.20. The second-order valence-corrected chi connectivity index (χ2v) is 3.66. The Labute approximate surface area is 88.1 Å². The molecule has 0 saturated carbocycles. The van der Waals surface area contributed by atoms with Crippen LogP contribution >= 0.6 is 0 Å². The molecular weight excluding hydrogens is 182 g/mol. The van der Waals surface area contributed by atoms with E-state index in [1.807, 2.05) is 30.3 Å². The minimum Gasteiger partial charge on any atom is -0.398 e. The first-order valence-corrected chi connectivity index (χ1v) is 4.93. The minimum absolute atomic E-state index is 0.858. The molecule has 0 aliphatic rings. The van der Waals surface area contributed by atoms with Gasteiger partial charge in [-0.15, -0.1) is 0 Å². The predicted molar refractivity (Wildman–Crippen MR) is 64.7 cm³/mol. The third-order valence-electron chi connectivity index (χ3n) is 2.75. The number of rotatable bonds is 0. The molecule has 0 aliphatic heterocycles. The van der Waals surface area contributed by atoms with Gasteiger partial charge in [0.2, 0.25) is 0 Å². The van der Waals surface area contributed by atoms with Gasteiger partial charge in [-0.3, -0.25) is 0 Å². The molecule has 15 heavy (non-hydrogen) atoms. The maximum Gasteiger partial charge on any atom is 0.0473 e. The van der Waals surface area contributed by atoms with Gasteiger partial charge in [0.15, 0.2) is 0 Å². The first-order chi connectivity index (χ1) is 7.36. The van der Waals surface area contributed by atoms with Gasteiger partial charge >= 0.3 is 0 Å². The number of hydrogen-bond donors (Lipinski definition) is 1. The molecule has 3 aromatic rings. The van der Waals surface area contributed by atoms with E-state index in [0.29, 0.717) is 0 Å². The lowest BCUT2D eigenvalue weighted by atomic mass is 10.0. The largest absolute Gasteiger partial charge is 0.398 e. The van der Waals surface area contributed by atoms with E-state index in [1.54, 1.807) is 0 Å². The van der Waals surface area contributed by atoms with E-state index < -0.39 is 0 Å². The van der Waals surface area contributed by atoms with Gasteiger partial charge in [-0.05, 0) is 29.0 Å². The molecule has 0 saturated heterocycles. The van der Waals surface area contributed by atoms with Crippen LogP contribution in [0.4, 0.5) is 5.69 Å². The van der Waals surface area contributed by atoms with Crippen molar-refractivity contribution in [2.24, 2.45) is 0 Å². The Morgan fingerprint density at radius 3 is 2.67 bits per heavy atom. The molecular formula is C14H10N. The second-order valence-electron chi connectivity index (χ2n) is 3.66. The molecule has 0 amide bonds. The van der Waals surface area contributed by atoms with Crippen molar-refractivity contribution in [1.29, 1.82) is 0 Å². The van der Waals surface area contributed by atoms with Crippen molar-refractivity contribution in [3.63, 3.8) is 0 Å². The fourth-order valence-electron chi connectivity index (χ4n) is 1.99. The van der Waals surface area contributed by atoms with Gasteiger partial charge in [0, 0.05) is 16.5 Å². The third-order valence-corrected chi connectivity index (χ3v) is 2.75. The van der Waals surface area contributed by atoms with Gasteiger partial charge in [0.05, 0.1) is 0 Å². The van der Waals surface area contributed by atoms with Crippen LogP contribution < -0.4 is 5.73 Å². The van der Waals surface area contributed by atoms with E-state index in [9.17, 15) is 0 Å². The maximum atomic E-state index is 6.14. The van der Waals surface area contributed by atoms with Crippen molar-refractivity contribution >= 4 is 27.2 Å². The monoisotopic (exact) mass is 192 g/mol. The summed E-state index contributed by atoms with van der Waals surface area (Å²) >= 11 is 0. The average Bonchev–Trinajstić information content (AvgIpc) is 2.30. The highest BCUT2D eigenvalue weighted by atomic mass is 14.6. The van der Waals surface area contributed by atoms with Crippen molar-refractivity contribution in [1.82, 2.24) is 0 Å². The summed E-state index contributed by atoms with van der Waals surface area (Å²) in [6, 6.07) is 19.3. The molecule has 1 radical (unpaired) electrons. The van der Waals surface area contributed by atoms with Crippen LogP contribution in [-0.4, -0.2) is 0 Å². The highest BCUT2D eigenvalue weighted by Crippen LogP contribution is 2.29. The number of benzene rings is 3. The van der Waals surface area contributed by atoms with E-state index in [4.69, 9.17) is 5.73 Å². The molecule has 1 heteroatoms. The Kier molecular flexibility index (Phi) is 1.65. The van der Waals surface area contributed by atoms with E-state index in [2.05, 4.69) is 24.3 Å². The van der Waals surface area contributed by atoms with Gasteiger partial charge in [-0.25, -0.2) is 0 Å². The standard InChI is InChI=1S/C14H10N/c15-14-12-7-3-1-5-10(12)9-11-6-2-4-8-13(11)14/h1,3-9H,15H2. The number of anilines is 1. The third kappa shape index (κ3) is 1.17. The van der Waals surface area contributed by atoms with E-state index >= 15 is 0 Å². The Hall–Kier alpha value is -2.02. The fraction of sp³-hybridized carbons (Fsp3) is 0. The molecule has 0 spiro atoms. The topological polar surface area (TPSA) is 26.0 Å². The van der Waals surface area contributed by atoms with Gasteiger partial charge < -0.3 is 5.73 Å². The molecule has 0 fully saturated rings. The van der Waals surface area contributed by atoms with Crippen LogP contribution in [0, 0.1) is 6.07 Å². The summed E-state index contributed by atoms with van der Waals surface area (Å²) in [6.07, 6.45) is 0. The zero-order valence-electron chi connectivity index (χ0n) is 8.20. The van der Waals surface area contributed by atoms with Crippen molar-refractivity contribution in [2.45, 2.75) is 0 Å².